The molecular weight excluding hydrogens is 540 g/mol. The van der Waals surface area contributed by atoms with Gasteiger partial charge in [-0.3, -0.25) is 9.88 Å². The van der Waals surface area contributed by atoms with Crippen molar-refractivity contribution in [3.8, 4) is 23.0 Å². The van der Waals surface area contributed by atoms with E-state index in [0.29, 0.717) is 48.7 Å². The Balaban J connectivity index is 1.24. The van der Waals surface area contributed by atoms with E-state index in [2.05, 4.69) is 19.8 Å². The number of piperidine rings is 1. The predicted molar refractivity (Wildman–Crippen MR) is 155 cm³/mol. The zero-order valence-corrected chi connectivity index (χ0v) is 23.2. The number of ether oxygens (including phenoxy) is 1. The number of aliphatic hydroxyl groups is 1. The molecule has 4 aliphatic rings. The summed E-state index contributed by atoms with van der Waals surface area (Å²) in [6.07, 6.45) is 4.31. The molecule has 0 amide bonds. The number of halogens is 2. The molecule has 5 atom stereocenters. The Labute approximate surface area is 242 Å². The van der Waals surface area contributed by atoms with E-state index in [1.54, 1.807) is 12.3 Å². The van der Waals surface area contributed by atoms with E-state index in [-0.39, 0.29) is 41.6 Å². The maximum atomic E-state index is 16.6. The van der Waals surface area contributed by atoms with Gasteiger partial charge in [0.25, 0.3) is 0 Å². The Morgan fingerprint density at radius 3 is 2.83 bits per heavy atom. The van der Waals surface area contributed by atoms with E-state index in [1.165, 1.54) is 6.07 Å². The normalized spacial score (nSPS) is 29.1. The molecule has 4 aromatic rings. The number of benzene rings is 2. The number of phenolic OH excluding ortho intramolecular Hbond substituents is 1. The molecule has 3 aliphatic heterocycles. The number of aromatic nitrogens is 3. The van der Waals surface area contributed by atoms with Gasteiger partial charge in [-0.15, -0.1) is 0 Å². The molecule has 1 saturated carbocycles. The third kappa shape index (κ3) is 4.18. The number of aromatic hydroxyl groups is 1. The molecule has 1 aliphatic carbocycles. The van der Waals surface area contributed by atoms with Crippen LogP contribution < -0.4 is 9.64 Å². The number of fused-ring (bicyclic) bond motifs is 5. The number of anilines is 1. The molecule has 0 radical (unpaired) electrons. The molecule has 3 saturated heterocycles. The molecule has 2 aromatic carbocycles. The summed E-state index contributed by atoms with van der Waals surface area (Å²) < 4.78 is 37.2. The molecule has 8 rings (SSSR count). The number of pyridine rings is 1. The van der Waals surface area contributed by atoms with Crippen molar-refractivity contribution in [2.45, 2.75) is 49.9 Å². The van der Waals surface area contributed by atoms with E-state index in [0.717, 1.165) is 43.0 Å². The molecule has 0 spiro atoms. The predicted octanol–water partition coefficient (Wildman–Crippen LogP) is 4.85. The van der Waals surface area contributed by atoms with E-state index < -0.39 is 17.5 Å². The Hall–Kier alpha value is -3.63. The van der Waals surface area contributed by atoms with Gasteiger partial charge in [0.05, 0.1) is 17.0 Å². The van der Waals surface area contributed by atoms with Crippen molar-refractivity contribution in [2.75, 3.05) is 37.7 Å². The van der Waals surface area contributed by atoms with E-state index in [4.69, 9.17) is 9.72 Å². The van der Waals surface area contributed by atoms with Crippen molar-refractivity contribution < 1.29 is 23.7 Å². The van der Waals surface area contributed by atoms with Gasteiger partial charge in [0.1, 0.15) is 35.6 Å². The summed E-state index contributed by atoms with van der Waals surface area (Å²) in [5, 5.41) is 23.0. The third-order valence-corrected chi connectivity index (χ3v) is 9.96. The number of phenols is 1. The van der Waals surface area contributed by atoms with Gasteiger partial charge < -0.3 is 19.8 Å². The summed E-state index contributed by atoms with van der Waals surface area (Å²) in [5.74, 6) is 0.382. The Morgan fingerprint density at radius 1 is 1.07 bits per heavy atom. The van der Waals surface area contributed by atoms with Crippen molar-refractivity contribution in [2.24, 2.45) is 11.8 Å². The van der Waals surface area contributed by atoms with Crippen molar-refractivity contribution in [3.63, 3.8) is 0 Å². The standard InChI is InChI=1S/C32H33F2N5O3/c33-21-12-32(6-3-7-39(32)16-21)17-42-31-36-29-25(30(37-31)38-14-18-8-20(15-38)26(41)9-18)13-35-28(27(29)34)24-11-22(40)10-19-4-1-2-5-23(19)24/h1-2,4-5,10-11,13,18,20-21,26,40-41H,3,6-9,12,14-17H2/t18-,20-,21-,26-,32+/m1/s1. The lowest BCUT2D eigenvalue weighted by Crippen LogP contribution is -2.43. The third-order valence-electron chi connectivity index (χ3n) is 9.96. The second-order valence-corrected chi connectivity index (χ2v) is 12.7. The minimum absolute atomic E-state index is 0.0165. The van der Waals surface area contributed by atoms with Gasteiger partial charge in [-0.25, -0.2) is 8.78 Å². The molecule has 4 fully saturated rings. The summed E-state index contributed by atoms with van der Waals surface area (Å²) in [7, 11) is 0. The quantitative estimate of drug-likeness (QED) is 0.350. The highest BCUT2D eigenvalue weighted by molar-refractivity contribution is 5.99. The SMILES string of the molecule is Oc1cc(-c2ncc3c(N4C[C@@H]5C[C@H](C4)[C@H](O)C5)nc(OC[C@@]45CCCN4C[C@H](F)C5)nc3c2F)c2ccccc2c1. The summed E-state index contributed by atoms with van der Waals surface area (Å²) in [5.41, 5.74) is 0.235. The Bertz CT molecular complexity index is 1700. The molecule has 8 nitrogen and oxygen atoms in total. The van der Waals surface area contributed by atoms with Crippen LogP contribution in [0.3, 0.4) is 0 Å². The lowest BCUT2D eigenvalue weighted by molar-refractivity contribution is 0.107. The van der Waals surface area contributed by atoms with Gasteiger partial charge in [-0.05, 0) is 61.1 Å². The first kappa shape index (κ1) is 26.0. The number of rotatable bonds is 5. The fourth-order valence-corrected chi connectivity index (χ4v) is 8.06. The monoisotopic (exact) mass is 573 g/mol. The Morgan fingerprint density at radius 2 is 1.95 bits per heavy atom. The van der Waals surface area contributed by atoms with Crippen molar-refractivity contribution in [1.82, 2.24) is 19.9 Å². The smallest absolute Gasteiger partial charge is 0.319 e. The zero-order chi connectivity index (χ0) is 28.6. The van der Waals surface area contributed by atoms with Crippen LogP contribution in [-0.2, 0) is 0 Å². The van der Waals surface area contributed by atoms with Gasteiger partial charge in [-0.2, -0.15) is 9.97 Å². The van der Waals surface area contributed by atoms with E-state index in [1.807, 2.05) is 24.3 Å². The first-order valence-corrected chi connectivity index (χ1v) is 14.9. The molecule has 10 heteroatoms. The molecule has 2 N–H and O–H groups in total. The van der Waals surface area contributed by atoms with E-state index >= 15 is 4.39 Å². The van der Waals surface area contributed by atoms with Crippen LogP contribution in [0.2, 0.25) is 0 Å². The lowest BCUT2D eigenvalue weighted by atomic mass is 9.95. The number of alkyl halides is 1. The van der Waals surface area contributed by atoms with Gasteiger partial charge in [0.15, 0.2) is 5.82 Å². The average Bonchev–Trinajstić information content (AvgIpc) is 3.59. The summed E-state index contributed by atoms with van der Waals surface area (Å²) >= 11 is 0. The molecule has 42 heavy (non-hydrogen) atoms. The van der Waals surface area contributed by atoms with Crippen LogP contribution in [0.4, 0.5) is 14.6 Å². The molecular formula is C32H33F2N5O3. The number of aliphatic hydroxyl groups excluding tert-OH is 1. The molecule has 218 valence electrons. The van der Waals surface area contributed by atoms with Crippen molar-refractivity contribution in [1.29, 1.82) is 0 Å². The van der Waals surface area contributed by atoms with Crippen LogP contribution in [0.5, 0.6) is 11.8 Å². The average molecular weight is 574 g/mol. The van der Waals surface area contributed by atoms with Crippen LogP contribution in [0, 0.1) is 17.7 Å². The summed E-state index contributed by atoms with van der Waals surface area (Å²) in [6, 6.07) is 10.7. The minimum Gasteiger partial charge on any atom is -0.508 e. The van der Waals surface area contributed by atoms with Gasteiger partial charge in [0.2, 0.25) is 0 Å². The Kier molecular flexibility index (Phi) is 6.01. The maximum Gasteiger partial charge on any atom is 0.319 e. The van der Waals surface area contributed by atoms with Gasteiger partial charge >= 0.3 is 6.01 Å². The van der Waals surface area contributed by atoms with Crippen LogP contribution in [0.15, 0.2) is 42.6 Å². The fraction of sp³-hybridized carbons (Fsp3) is 0.469. The fourth-order valence-electron chi connectivity index (χ4n) is 8.06. The van der Waals surface area contributed by atoms with Crippen LogP contribution in [-0.4, -0.2) is 80.7 Å². The van der Waals surface area contributed by atoms with Crippen molar-refractivity contribution >= 4 is 27.5 Å². The zero-order valence-electron chi connectivity index (χ0n) is 23.2. The highest BCUT2D eigenvalue weighted by Gasteiger charge is 2.49. The molecule has 5 heterocycles. The van der Waals surface area contributed by atoms with Crippen LogP contribution >= 0.6 is 0 Å². The first-order chi connectivity index (χ1) is 20.4. The molecule has 2 aromatic heterocycles. The molecule has 2 bridgehead atoms. The second-order valence-electron chi connectivity index (χ2n) is 12.7. The summed E-state index contributed by atoms with van der Waals surface area (Å²) in [6.45, 7) is 2.78. The van der Waals surface area contributed by atoms with Crippen LogP contribution in [0.25, 0.3) is 32.9 Å². The molecule has 0 unspecified atom stereocenters. The number of nitrogens with zero attached hydrogens (tertiary/aromatic N) is 5. The lowest BCUT2D eigenvalue weighted by Gasteiger charge is -2.34. The van der Waals surface area contributed by atoms with Crippen LogP contribution in [0.1, 0.15) is 32.1 Å². The topological polar surface area (TPSA) is 94.8 Å². The van der Waals surface area contributed by atoms with Gasteiger partial charge in [-0.1, -0.05) is 24.3 Å². The minimum atomic E-state index is -0.888. The highest BCUT2D eigenvalue weighted by Crippen LogP contribution is 2.43. The summed E-state index contributed by atoms with van der Waals surface area (Å²) in [4.78, 5) is 18.2. The van der Waals surface area contributed by atoms with Crippen molar-refractivity contribution in [3.05, 3.63) is 48.4 Å². The maximum absolute atomic E-state index is 16.6. The number of hydrogen-bond acceptors (Lipinski definition) is 8. The van der Waals surface area contributed by atoms with Gasteiger partial charge in [0, 0.05) is 43.7 Å². The highest BCUT2D eigenvalue weighted by atomic mass is 19.1. The van der Waals surface area contributed by atoms with E-state index in [9.17, 15) is 14.6 Å². The second kappa shape index (κ2) is 9.70. The first-order valence-electron chi connectivity index (χ1n) is 14.9. The number of hydrogen-bond donors (Lipinski definition) is 2. The largest absolute Gasteiger partial charge is 0.508 e.